The molecule has 1 aromatic heterocycles. The van der Waals surface area contributed by atoms with Crippen LogP contribution in [0, 0.1) is 0 Å². The van der Waals surface area contributed by atoms with Gasteiger partial charge in [-0.25, -0.2) is 4.98 Å². The number of benzene rings is 2. The summed E-state index contributed by atoms with van der Waals surface area (Å²) in [7, 11) is 1.60. The molecule has 0 atom stereocenters. The van der Waals surface area contributed by atoms with Crippen LogP contribution in [-0.4, -0.2) is 18.0 Å². The Morgan fingerprint density at radius 2 is 1.93 bits per heavy atom. The van der Waals surface area contributed by atoms with Crippen LogP contribution in [0.3, 0.4) is 0 Å². The minimum atomic E-state index is -0.103. The molecule has 1 amide bonds. The van der Waals surface area contributed by atoms with E-state index >= 15 is 0 Å². The van der Waals surface area contributed by atoms with Gasteiger partial charge in [0.05, 0.1) is 18.5 Å². The summed E-state index contributed by atoms with van der Waals surface area (Å²) >= 11 is 9.15. The topological polar surface area (TPSA) is 42.4 Å². The molecule has 3 aromatic rings. The average molecular weight is 419 g/mol. The summed E-state index contributed by atoms with van der Waals surface area (Å²) in [5.74, 6) is 2.19. The summed E-state index contributed by atoms with van der Waals surface area (Å²) in [5.41, 5.74) is 2.87. The smallest absolute Gasteiger partial charge is 0.230 e. The number of carbonyl (C=O) groups is 1. The Labute approximate surface area is 172 Å². The lowest BCUT2D eigenvalue weighted by atomic mass is 10.2. The van der Waals surface area contributed by atoms with E-state index in [1.54, 1.807) is 23.8 Å². The molecule has 0 fully saturated rings. The molecular weight excluding hydrogens is 400 g/mol. The fourth-order valence-electron chi connectivity index (χ4n) is 2.54. The van der Waals surface area contributed by atoms with Crippen molar-refractivity contribution in [1.29, 1.82) is 0 Å². The lowest BCUT2D eigenvalue weighted by molar-refractivity contribution is -0.115. The van der Waals surface area contributed by atoms with E-state index < -0.39 is 0 Å². The van der Waals surface area contributed by atoms with E-state index in [9.17, 15) is 4.79 Å². The quantitative estimate of drug-likeness (QED) is 0.477. The Kier molecular flexibility index (Phi) is 6.77. The van der Waals surface area contributed by atoms with Crippen LogP contribution in [0.2, 0.25) is 5.02 Å². The number of methoxy groups -OCH3 is 1. The summed E-state index contributed by atoms with van der Waals surface area (Å²) in [6, 6.07) is 15.3. The fourth-order valence-corrected chi connectivity index (χ4v) is 4.54. The van der Waals surface area contributed by atoms with Gasteiger partial charge in [-0.15, -0.1) is 11.3 Å². The van der Waals surface area contributed by atoms with Crippen molar-refractivity contribution in [1.82, 2.24) is 4.98 Å². The maximum atomic E-state index is 12.3. The first-order valence-corrected chi connectivity index (χ1v) is 10.7. The molecule has 27 heavy (non-hydrogen) atoms. The highest BCUT2D eigenvalue weighted by atomic mass is 35.5. The predicted molar refractivity (Wildman–Crippen MR) is 114 cm³/mol. The zero-order chi connectivity index (χ0) is 19.2. The molecule has 0 unspecified atom stereocenters. The van der Waals surface area contributed by atoms with Gasteiger partial charge in [0.1, 0.15) is 5.75 Å². The van der Waals surface area contributed by atoms with Crippen LogP contribution in [-0.2, 0) is 16.3 Å². The first-order valence-electron chi connectivity index (χ1n) is 8.29. The molecule has 0 aliphatic heterocycles. The second-order valence-electron chi connectivity index (χ2n) is 5.77. The Balaban J connectivity index is 1.70. The van der Waals surface area contributed by atoms with Gasteiger partial charge < -0.3 is 4.74 Å². The first kappa shape index (κ1) is 19.7. The van der Waals surface area contributed by atoms with Crippen molar-refractivity contribution in [2.45, 2.75) is 18.4 Å². The number of hydrogen-bond acceptors (Lipinski definition) is 5. The number of carbonyl (C=O) groups excluding carboxylic acids is 1. The average Bonchev–Trinajstić information content (AvgIpc) is 3.12. The molecule has 0 N–H and O–H groups in total. The van der Waals surface area contributed by atoms with Crippen molar-refractivity contribution in [2.75, 3.05) is 12.0 Å². The lowest BCUT2D eigenvalue weighted by Gasteiger charge is -2.20. The van der Waals surface area contributed by atoms with Crippen LogP contribution < -0.4 is 9.64 Å². The minimum Gasteiger partial charge on any atom is -0.495 e. The van der Waals surface area contributed by atoms with E-state index in [2.05, 4.69) is 4.98 Å². The zero-order valence-corrected chi connectivity index (χ0v) is 17.4. The summed E-state index contributed by atoms with van der Waals surface area (Å²) in [4.78, 5) is 18.5. The molecule has 0 spiro atoms. The fraction of sp³-hybridized carbons (Fsp3) is 0.200. The van der Waals surface area contributed by atoms with Crippen molar-refractivity contribution in [3.8, 4) is 5.75 Å². The molecule has 0 aliphatic carbocycles. The molecule has 140 valence electrons. The van der Waals surface area contributed by atoms with Crippen molar-refractivity contribution in [2.24, 2.45) is 0 Å². The van der Waals surface area contributed by atoms with E-state index in [-0.39, 0.29) is 5.91 Å². The molecule has 3 rings (SSSR count). The van der Waals surface area contributed by atoms with Crippen LogP contribution in [0.4, 0.5) is 10.8 Å². The molecule has 0 saturated carbocycles. The van der Waals surface area contributed by atoms with Crippen LogP contribution in [0.1, 0.15) is 18.2 Å². The highest BCUT2D eigenvalue weighted by Gasteiger charge is 2.21. The predicted octanol–water partition coefficient (Wildman–Crippen LogP) is 5.92. The number of hydrogen-bond donors (Lipinski definition) is 0. The van der Waals surface area contributed by atoms with Crippen LogP contribution in [0.5, 0.6) is 5.75 Å². The summed E-state index contributed by atoms with van der Waals surface area (Å²) in [6.07, 6.45) is 0. The van der Waals surface area contributed by atoms with E-state index in [0.29, 0.717) is 16.6 Å². The Morgan fingerprint density at radius 3 is 2.63 bits per heavy atom. The van der Waals surface area contributed by atoms with E-state index in [1.165, 1.54) is 23.8 Å². The van der Waals surface area contributed by atoms with Crippen molar-refractivity contribution >= 4 is 51.4 Å². The number of ether oxygens (including phenoxy) is 1. The number of thiazole rings is 1. The number of aromatic nitrogens is 1. The van der Waals surface area contributed by atoms with Crippen molar-refractivity contribution in [3.63, 3.8) is 0 Å². The lowest BCUT2D eigenvalue weighted by Crippen LogP contribution is -2.23. The summed E-state index contributed by atoms with van der Waals surface area (Å²) < 4.78 is 5.40. The molecule has 0 aliphatic rings. The zero-order valence-electron chi connectivity index (χ0n) is 15.0. The van der Waals surface area contributed by atoms with Gasteiger partial charge in [0.2, 0.25) is 5.91 Å². The third-order valence-electron chi connectivity index (χ3n) is 3.80. The summed E-state index contributed by atoms with van der Waals surface area (Å²) in [6.45, 7) is 1.53. The number of amides is 1. The number of anilines is 2. The maximum Gasteiger partial charge on any atom is 0.230 e. The molecule has 1 heterocycles. The van der Waals surface area contributed by atoms with Gasteiger partial charge in [-0.2, -0.15) is 11.8 Å². The number of halogens is 1. The second-order valence-corrected chi connectivity index (χ2v) is 8.03. The number of nitrogens with zero attached hydrogens (tertiary/aromatic N) is 2. The van der Waals surface area contributed by atoms with Gasteiger partial charge in [-0.05, 0) is 29.8 Å². The number of rotatable bonds is 7. The van der Waals surface area contributed by atoms with Crippen LogP contribution in [0.15, 0.2) is 53.9 Å². The van der Waals surface area contributed by atoms with E-state index in [0.717, 1.165) is 22.2 Å². The van der Waals surface area contributed by atoms with E-state index in [1.807, 2.05) is 53.9 Å². The third-order valence-corrected chi connectivity index (χ3v) is 5.97. The number of thioether (sulfide) groups is 1. The van der Waals surface area contributed by atoms with Crippen LogP contribution in [0.25, 0.3) is 0 Å². The van der Waals surface area contributed by atoms with Gasteiger partial charge in [0.25, 0.3) is 0 Å². The highest BCUT2D eigenvalue weighted by Crippen LogP contribution is 2.35. The Bertz CT molecular complexity index is 912. The van der Waals surface area contributed by atoms with Crippen molar-refractivity contribution in [3.05, 3.63) is 70.2 Å². The number of para-hydroxylation sites is 2. The normalized spacial score (nSPS) is 10.6. The second kappa shape index (κ2) is 9.26. The summed E-state index contributed by atoms with van der Waals surface area (Å²) in [5, 5.41) is 3.39. The molecule has 4 nitrogen and oxygen atoms in total. The SMILES string of the molecule is COc1ccccc1N(C(C)=O)c1nc(CSCc2ccc(Cl)cc2)cs1. The maximum absolute atomic E-state index is 12.3. The van der Waals surface area contributed by atoms with E-state index in [4.69, 9.17) is 16.3 Å². The largest absolute Gasteiger partial charge is 0.495 e. The molecular formula is C20H19ClN2O2S2. The third kappa shape index (κ3) is 5.03. The van der Waals surface area contributed by atoms with Gasteiger partial charge >= 0.3 is 0 Å². The Morgan fingerprint density at radius 1 is 1.19 bits per heavy atom. The van der Waals surface area contributed by atoms with Gasteiger partial charge in [-0.1, -0.05) is 35.9 Å². The van der Waals surface area contributed by atoms with Crippen molar-refractivity contribution < 1.29 is 9.53 Å². The molecule has 0 radical (unpaired) electrons. The Hall–Kier alpha value is -2.02. The van der Waals surface area contributed by atoms with Gasteiger partial charge in [-0.3, -0.25) is 9.69 Å². The monoisotopic (exact) mass is 418 g/mol. The molecule has 0 saturated heterocycles. The first-order chi connectivity index (χ1) is 13.1. The molecule has 0 bridgehead atoms. The van der Waals surface area contributed by atoms with Gasteiger partial charge in [0, 0.05) is 28.8 Å². The minimum absolute atomic E-state index is 0.103. The van der Waals surface area contributed by atoms with Gasteiger partial charge in [0.15, 0.2) is 5.13 Å². The van der Waals surface area contributed by atoms with Crippen LogP contribution >= 0.6 is 34.7 Å². The highest BCUT2D eigenvalue weighted by molar-refractivity contribution is 7.97. The molecule has 7 heteroatoms. The standard InChI is InChI=1S/C20H19ClN2O2S2/c1-14(24)23(18-5-3-4-6-19(18)25-2)20-22-17(13-27-20)12-26-11-15-7-9-16(21)10-8-15/h3-10,13H,11-12H2,1-2H3. The molecule has 2 aromatic carbocycles.